The maximum absolute atomic E-state index is 12.5. The Morgan fingerprint density at radius 1 is 1.41 bits per heavy atom. The summed E-state index contributed by atoms with van der Waals surface area (Å²) in [5.41, 5.74) is -0.741. The number of pyridine rings is 1. The fourth-order valence-electron chi connectivity index (χ4n) is 1.52. The molecule has 0 bridgehead atoms. The van der Waals surface area contributed by atoms with Crippen molar-refractivity contribution in [1.29, 1.82) is 0 Å². The number of rotatable bonds is 2. The Morgan fingerprint density at radius 2 is 2.12 bits per heavy atom. The zero-order chi connectivity index (χ0) is 12.6. The molecule has 0 spiro atoms. The second-order valence-corrected chi connectivity index (χ2v) is 3.37. The highest BCUT2D eigenvalue weighted by Crippen LogP contribution is 2.30. The fraction of sp³-hybridized carbons (Fsp3) is 0.200. The van der Waals surface area contributed by atoms with Gasteiger partial charge in [0.2, 0.25) is 0 Å². The number of halogens is 3. The highest BCUT2D eigenvalue weighted by Gasteiger charge is 2.34. The van der Waals surface area contributed by atoms with Crippen LogP contribution in [0.3, 0.4) is 0 Å². The average Bonchev–Trinajstić information content (AvgIpc) is 2.72. The first-order valence-electron chi connectivity index (χ1n) is 4.70. The van der Waals surface area contributed by atoms with Crippen molar-refractivity contribution in [3.8, 4) is 0 Å². The van der Waals surface area contributed by atoms with Crippen LogP contribution < -0.4 is 5.32 Å². The first-order valence-corrected chi connectivity index (χ1v) is 4.70. The van der Waals surface area contributed by atoms with Gasteiger partial charge in [0.1, 0.15) is 5.82 Å². The lowest BCUT2D eigenvalue weighted by molar-refractivity contribution is -0.141. The van der Waals surface area contributed by atoms with Crippen molar-refractivity contribution in [3.05, 3.63) is 29.5 Å². The summed E-state index contributed by atoms with van der Waals surface area (Å²) in [6, 6.07) is 3.78. The van der Waals surface area contributed by atoms with Gasteiger partial charge < -0.3 is 5.32 Å². The molecule has 0 aliphatic carbocycles. The first-order chi connectivity index (χ1) is 7.97. The predicted molar refractivity (Wildman–Crippen MR) is 55.1 cm³/mol. The molecule has 0 saturated carbocycles. The molecule has 0 fully saturated rings. The van der Waals surface area contributed by atoms with Crippen LogP contribution in [0.2, 0.25) is 0 Å². The van der Waals surface area contributed by atoms with Gasteiger partial charge in [-0.1, -0.05) is 0 Å². The van der Waals surface area contributed by atoms with Crippen LogP contribution in [0, 0.1) is 0 Å². The van der Waals surface area contributed by atoms with E-state index in [0.717, 1.165) is 10.6 Å². The molecule has 0 unspecified atom stereocenters. The zero-order valence-electron chi connectivity index (χ0n) is 8.75. The minimum absolute atomic E-state index is 0.124. The smallest absolute Gasteiger partial charge is 0.373 e. The normalized spacial score (nSPS) is 11.8. The molecule has 4 nitrogen and oxygen atoms in total. The van der Waals surface area contributed by atoms with Gasteiger partial charge in [-0.15, -0.1) is 0 Å². The molecule has 0 saturated heterocycles. The van der Waals surface area contributed by atoms with E-state index in [1.54, 1.807) is 7.05 Å². The van der Waals surface area contributed by atoms with Crippen molar-refractivity contribution >= 4 is 17.6 Å². The molecular formula is C10H8F3N3O. The first kappa shape index (κ1) is 11.4. The van der Waals surface area contributed by atoms with Gasteiger partial charge in [0.25, 0.3) is 0 Å². The highest BCUT2D eigenvalue weighted by atomic mass is 19.4. The van der Waals surface area contributed by atoms with Crippen LogP contribution in [0.5, 0.6) is 0 Å². The van der Waals surface area contributed by atoms with Gasteiger partial charge in [0.05, 0.1) is 5.52 Å². The number of anilines is 1. The van der Waals surface area contributed by atoms with E-state index in [1.807, 2.05) is 0 Å². The third kappa shape index (κ3) is 1.83. The highest BCUT2D eigenvalue weighted by molar-refractivity contribution is 5.87. The molecular weight excluding hydrogens is 235 g/mol. The third-order valence-electron chi connectivity index (χ3n) is 2.33. The summed E-state index contributed by atoms with van der Waals surface area (Å²) in [5.74, 6) is 0.376. The minimum Gasteiger partial charge on any atom is -0.373 e. The lowest BCUT2D eigenvalue weighted by atomic mass is 10.2. The van der Waals surface area contributed by atoms with Crippen molar-refractivity contribution < 1.29 is 18.0 Å². The van der Waals surface area contributed by atoms with Gasteiger partial charge in [-0.2, -0.15) is 18.3 Å². The molecule has 17 heavy (non-hydrogen) atoms. The van der Waals surface area contributed by atoms with Crippen LogP contribution >= 0.6 is 0 Å². The monoisotopic (exact) mass is 243 g/mol. The standard InChI is InChI=1S/C10H8F3N3O/c1-14-9-3-2-6(5-17)7-4-8(10(11,12)13)15-16(7)9/h2-5,14H,1H3. The summed E-state index contributed by atoms with van der Waals surface area (Å²) in [6.07, 6.45) is -4.03. The second-order valence-electron chi connectivity index (χ2n) is 3.37. The van der Waals surface area contributed by atoms with E-state index in [-0.39, 0.29) is 11.1 Å². The molecule has 2 heterocycles. The molecule has 1 N–H and O–H groups in total. The Bertz CT molecular complexity index is 574. The van der Waals surface area contributed by atoms with Crippen LogP contribution in [-0.2, 0) is 6.18 Å². The van der Waals surface area contributed by atoms with E-state index in [2.05, 4.69) is 10.4 Å². The van der Waals surface area contributed by atoms with Crippen molar-refractivity contribution in [2.45, 2.75) is 6.18 Å². The van der Waals surface area contributed by atoms with Crippen LogP contribution in [0.25, 0.3) is 5.52 Å². The largest absolute Gasteiger partial charge is 0.435 e. The summed E-state index contributed by atoms with van der Waals surface area (Å²) < 4.78 is 38.6. The number of hydrogen-bond acceptors (Lipinski definition) is 3. The van der Waals surface area contributed by atoms with Gasteiger partial charge in [0.15, 0.2) is 12.0 Å². The van der Waals surface area contributed by atoms with E-state index in [4.69, 9.17) is 0 Å². The van der Waals surface area contributed by atoms with Crippen molar-refractivity contribution in [2.24, 2.45) is 0 Å². The van der Waals surface area contributed by atoms with Crippen molar-refractivity contribution in [3.63, 3.8) is 0 Å². The number of alkyl halides is 3. The van der Waals surface area contributed by atoms with Crippen molar-refractivity contribution in [1.82, 2.24) is 9.61 Å². The molecule has 0 aromatic carbocycles. The average molecular weight is 243 g/mol. The van der Waals surface area contributed by atoms with Gasteiger partial charge in [-0.25, -0.2) is 4.52 Å². The Morgan fingerprint density at radius 3 is 2.65 bits per heavy atom. The molecule has 2 aromatic heterocycles. The lowest BCUT2D eigenvalue weighted by Crippen LogP contribution is -2.07. The second kappa shape index (κ2) is 3.76. The Balaban J connectivity index is 2.77. The Kier molecular flexibility index (Phi) is 2.53. The molecule has 2 rings (SSSR count). The summed E-state index contributed by atoms with van der Waals surface area (Å²) in [5, 5.41) is 6.14. The summed E-state index contributed by atoms with van der Waals surface area (Å²) in [4.78, 5) is 10.7. The van der Waals surface area contributed by atoms with E-state index in [0.29, 0.717) is 12.1 Å². The van der Waals surface area contributed by atoms with Gasteiger partial charge >= 0.3 is 6.18 Å². The van der Waals surface area contributed by atoms with Gasteiger partial charge in [0, 0.05) is 12.6 Å². The zero-order valence-corrected chi connectivity index (χ0v) is 8.75. The summed E-state index contributed by atoms with van der Waals surface area (Å²) >= 11 is 0. The SMILES string of the molecule is CNc1ccc(C=O)c2cc(C(F)(F)F)nn12. The lowest BCUT2D eigenvalue weighted by Gasteiger charge is -2.04. The number of fused-ring (bicyclic) bond motifs is 1. The van der Waals surface area contributed by atoms with E-state index in [9.17, 15) is 18.0 Å². The molecule has 2 aromatic rings. The molecule has 7 heteroatoms. The van der Waals surface area contributed by atoms with E-state index in [1.165, 1.54) is 12.1 Å². The van der Waals surface area contributed by atoms with Crippen molar-refractivity contribution in [2.75, 3.05) is 12.4 Å². The molecule has 0 amide bonds. The van der Waals surface area contributed by atoms with Gasteiger partial charge in [-0.05, 0) is 18.2 Å². The maximum atomic E-state index is 12.5. The molecule has 0 radical (unpaired) electrons. The number of carbonyl (C=O) groups excluding carboxylic acids is 1. The number of aldehydes is 1. The van der Waals surface area contributed by atoms with Crippen LogP contribution in [0.15, 0.2) is 18.2 Å². The number of nitrogens with one attached hydrogen (secondary N) is 1. The molecule has 0 atom stereocenters. The fourth-order valence-corrected chi connectivity index (χ4v) is 1.52. The van der Waals surface area contributed by atoms with Crippen LogP contribution in [-0.4, -0.2) is 22.9 Å². The quantitative estimate of drug-likeness (QED) is 0.822. The summed E-state index contributed by atoms with van der Waals surface area (Å²) in [6.45, 7) is 0. The van der Waals surface area contributed by atoms with E-state index >= 15 is 0 Å². The minimum atomic E-state index is -4.53. The van der Waals surface area contributed by atoms with E-state index < -0.39 is 11.9 Å². The predicted octanol–water partition coefficient (Wildman–Crippen LogP) is 2.21. The maximum Gasteiger partial charge on any atom is 0.435 e. The topological polar surface area (TPSA) is 46.4 Å². The Hall–Kier alpha value is -2.05. The van der Waals surface area contributed by atoms with Gasteiger partial charge in [-0.3, -0.25) is 4.79 Å². The third-order valence-corrected chi connectivity index (χ3v) is 2.33. The van der Waals surface area contributed by atoms with Crippen LogP contribution in [0.1, 0.15) is 16.1 Å². The Labute approximate surface area is 94.0 Å². The summed E-state index contributed by atoms with van der Waals surface area (Å²) in [7, 11) is 1.56. The number of carbonyl (C=O) groups is 1. The van der Waals surface area contributed by atoms with Crippen LogP contribution in [0.4, 0.5) is 19.0 Å². The number of hydrogen-bond donors (Lipinski definition) is 1. The number of aromatic nitrogens is 2. The number of nitrogens with zero attached hydrogens (tertiary/aromatic N) is 2. The molecule has 0 aliphatic heterocycles. The molecule has 0 aliphatic rings. The molecule has 90 valence electrons.